The van der Waals surface area contributed by atoms with Crippen molar-refractivity contribution in [1.29, 1.82) is 0 Å². The van der Waals surface area contributed by atoms with E-state index in [1.807, 2.05) is 0 Å². The summed E-state index contributed by atoms with van der Waals surface area (Å²) in [6.07, 6.45) is 7.40. The van der Waals surface area contributed by atoms with Crippen LogP contribution in [-0.4, -0.2) is 46.5 Å². The molecule has 1 aromatic heterocycles. The normalized spacial score (nSPS) is 22.3. The number of amides is 1. The molecule has 3 heterocycles. The molecule has 34 heavy (non-hydrogen) atoms. The molecule has 2 unspecified atom stereocenters. The highest BCUT2D eigenvalue weighted by atomic mass is 16.5. The second-order valence-corrected chi connectivity index (χ2v) is 9.82. The van der Waals surface area contributed by atoms with Crippen LogP contribution in [0.15, 0.2) is 24.3 Å². The molecule has 1 aromatic carbocycles. The number of nitrogens with zero attached hydrogens (tertiary/aromatic N) is 4. The number of aromatic nitrogens is 2. The maximum Gasteiger partial charge on any atom is 0.320 e. The molecule has 1 amide bonds. The van der Waals surface area contributed by atoms with Gasteiger partial charge in [-0.1, -0.05) is 44.0 Å². The highest BCUT2D eigenvalue weighted by molar-refractivity contribution is 6.00. The van der Waals surface area contributed by atoms with Gasteiger partial charge in [-0.3, -0.25) is 9.69 Å². The molecule has 182 valence electrons. The van der Waals surface area contributed by atoms with Gasteiger partial charge in [0.2, 0.25) is 5.91 Å². The van der Waals surface area contributed by atoms with Crippen molar-refractivity contribution >= 4 is 23.2 Å². The number of anilines is 3. The van der Waals surface area contributed by atoms with Crippen molar-refractivity contribution in [2.24, 2.45) is 5.92 Å². The Bertz CT molecular complexity index is 1020. The third kappa shape index (κ3) is 4.82. The molecule has 8 heteroatoms. The Hall–Kier alpha value is -2.87. The van der Waals surface area contributed by atoms with Gasteiger partial charge in [0.1, 0.15) is 5.69 Å². The Morgan fingerprint density at radius 1 is 1.12 bits per heavy atom. The van der Waals surface area contributed by atoms with Gasteiger partial charge in [0.25, 0.3) is 0 Å². The van der Waals surface area contributed by atoms with Crippen molar-refractivity contribution in [2.75, 3.05) is 35.6 Å². The highest BCUT2D eigenvalue weighted by Gasteiger charge is 2.42. The van der Waals surface area contributed by atoms with E-state index in [0.717, 1.165) is 38.6 Å². The molecular formula is C26H36N6O2. The van der Waals surface area contributed by atoms with E-state index in [4.69, 9.17) is 15.5 Å². The van der Waals surface area contributed by atoms with Gasteiger partial charge < -0.3 is 20.7 Å². The number of fused-ring (bicyclic) bond motifs is 2. The molecule has 1 saturated carbocycles. The minimum Gasteiger partial charge on any atom is -0.463 e. The predicted molar refractivity (Wildman–Crippen MR) is 134 cm³/mol. The Morgan fingerprint density at radius 2 is 1.91 bits per heavy atom. The number of carbonyl (C=O) groups is 1. The van der Waals surface area contributed by atoms with E-state index in [1.54, 1.807) is 0 Å². The molecule has 1 saturated heterocycles. The van der Waals surface area contributed by atoms with Crippen LogP contribution in [0.3, 0.4) is 0 Å². The number of nitrogens with one attached hydrogen (secondary N) is 1. The molecule has 0 bridgehead atoms. The monoisotopic (exact) mass is 464 g/mol. The summed E-state index contributed by atoms with van der Waals surface area (Å²) in [6.45, 7) is 6.68. The molecule has 2 fully saturated rings. The first-order valence-electron chi connectivity index (χ1n) is 12.8. The number of carbonyl (C=O) groups excluding carboxylic acids is 1. The SMILES string of the molecule is CCCCOc1nc(N)c2c(n1)N(Cc1cccc(CN3CCCC3)c1)C1CCCC1C(=O)N2. The van der Waals surface area contributed by atoms with Crippen molar-refractivity contribution in [3.63, 3.8) is 0 Å². The molecule has 0 radical (unpaired) electrons. The zero-order valence-electron chi connectivity index (χ0n) is 20.1. The maximum atomic E-state index is 13.1. The summed E-state index contributed by atoms with van der Waals surface area (Å²) < 4.78 is 5.82. The fraction of sp³-hybridized carbons (Fsp3) is 0.577. The van der Waals surface area contributed by atoms with Crippen molar-refractivity contribution in [1.82, 2.24) is 14.9 Å². The summed E-state index contributed by atoms with van der Waals surface area (Å²) >= 11 is 0. The highest BCUT2D eigenvalue weighted by Crippen LogP contribution is 2.42. The zero-order chi connectivity index (χ0) is 23.5. The van der Waals surface area contributed by atoms with Crippen molar-refractivity contribution in [3.8, 4) is 6.01 Å². The molecule has 0 spiro atoms. The Morgan fingerprint density at radius 3 is 2.71 bits per heavy atom. The molecule has 2 atom stereocenters. The largest absolute Gasteiger partial charge is 0.463 e. The van der Waals surface area contributed by atoms with Gasteiger partial charge in [-0.15, -0.1) is 0 Å². The quantitative estimate of drug-likeness (QED) is 0.571. The van der Waals surface area contributed by atoms with Gasteiger partial charge in [-0.2, -0.15) is 9.97 Å². The Labute approximate surface area is 201 Å². The average Bonchev–Trinajstić information content (AvgIpc) is 3.50. The molecule has 2 aliphatic heterocycles. The number of ether oxygens (including phenoxy) is 1. The van der Waals surface area contributed by atoms with Crippen LogP contribution in [-0.2, 0) is 17.9 Å². The zero-order valence-corrected chi connectivity index (χ0v) is 20.1. The lowest BCUT2D eigenvalue weighted by molar-refractivity contribution is -0.119. The van der Waals surface area contributed by atoms with Crippen LogP contribution in [0, 0.1) is 5.92 Å². The Kier molecular flexibility index (Phi) is 6.85. The van der Waals surface area contributed by atoms with E-state index in [0.29, 0.717) is 24.7 Å². The summed E-state index contributed by atoms with van der Waals surface area (Å²) in [5.41, 5.74) is 9.38. The van der Waals surface area contributed by atoms with E-state index < -0.39 is 0 Å². The van der Waals surface area contributed by atoms with Gasteiger partial charge >= 0.3 is 6.01 Å². The molecular weight excluding hydrogens is 428 g/mol. The molecule has 5 rings (SSSR count). The number of rotatable bonds is 8. The van der Waals surface area contributed by atoms with Crippen LogP contribution >= 0.6 is 0 Å². The topological polar surface area (TPSA) is 96.6 Å². The van der Waals surface area contributed by atoms with Crippen LogP contribution in [0.2, 0.25) is 0 Å². The lowest BCUT2D eigenvalue weighted by Crippen LogP contribution is -2.40. The third-order valence-electron chi connectivity index (χ3n) is 7.31. The van der Waals surface area contributed by atoms with Crippen LogP contribution in [0.25, 0.3) is 0 Å². The first-order chi connectivity index (χ1) is 16.6. The van der Waals surface area contributed by atoms with Crippen LogP contribution < -0.4 is 20.7 Å². The fourth-order valence-corrected chi connectivity index (χ4v) is 5.55. The molecule has 3 aliphatic rings. The van der Waals surface area contributed by atoms with Crippen molar-refractivity contribution in [3.05, 3.63) is 35.4 Å². The lowest BCUT2D eigenvalue weighted by Gasteiger charge is -2.32. The van der Waals surface area contributed by atoms with Gasteiger partial charge in [0, 0.05) is 19.1 Å². The molecule has 8 nitrogen and oxygen atoms in total. The first kappa shape index (κ1) is 22.9. The fourth-order valence-electron chi connectivity index (χ4n) is 5.55. The number of hydrogen-bond acceptors (Lipinski definition) is 7. The molecule has 3 N–H and O–H groups in total. The summed E-state index contributed by atoms with van der Waals surface area (Å²) in [6, 6.07) is 9.18. The number of likely N-dealkylation sites (tertiary alicyclic amines) is 1. The number of benzene rings is 1. The Balaban J connectivity index is 1.47. The minimum absolute atomic E-state index is 0.0176. The summed E-state index contributed by atoms with van der Waals surface area (Å²) in [5, 5.41) is 3.04. The standard InChI is InChI=1S/C26H36N6O2/c1-2-3-14-34-26-29-23(27)22-24(30-26)32(21-11-7-10-20(21)25(33)28-22)17-19-9-6-8-18(15-19)16-31-12-4-5-13-31/h6,8-9,15,20-21H,2-5,7,10-14,16-17H2,1H3,(H,28,33)(H2,27,29,30). The van der Waals surface area contributed by atoms with Gasteiger partial charge in [-0.05, 0) is 56.3 Å². The summed E-state index contributed by atoms with van der Waals surface area (Å²) in [7, 11) is 0. The van der Waals surface area contributed by atoms with Crippen molar-refractivity contribution < 1.29 is 9.53 Å². The second kappa shape index (κ2) is 10.2. The predicted octanol–water partition coefficient (Wildman–Crippen LogP) is 3.96. The average molecular weight is 465 g/mol. The smallest absolute Gasteiger partial charge is 0.320 e. The maximum absolute atomic E-state index is 13.1. The van der Waals surface area contributed by atoms with Crippen LogP contribution in [0.1, 0.15) is 63.0 Å². The van der Waals surface area contributed by atoms with Crippen molar-refractivity contribution in [2.45, 2.75) is 71.0 Å². The number of unbranched alkanes of at least 4 members (excludes halogenated alkanes) is 1. The molecule has 1 aliphatic carbocycles. The third-order valence-corrected chi connectivity index (χ3v) is 7.31. The molecule has 2 aromatic rings. The van der Waals surface area contributed by atoms with E-state index in [2.05, 4.69) is 51.3 Å². The number of hydrogen-bond donors (Lipinski definition) is 2. The van der Waals surface area contributed by atoms with Gasteiger partial charge in [0.05, 0.1) is 12.5 Å². The lowest BCUT2D eigenvalue weighted by atomic mass is 10.0. The van der Waals surface area contributed by atoms with Gasteiger partial charge in [-0.25, -0.2) is 0 Å². The number of nitrogen functional groups attached to an aromatic ring is 1. The van der Waals surface area contributed by atoms with E-state index >= 15 is 0 Å². The summed E-state index contributed by atoms with van der Waals surface area (Å²) in [4.78, 5) is 27.0. The van der Waals surface area contributed by atoms with E-state index in [-0.39, 0.29) is 29.7 Å². The van der Waals surface area contributed by atoms with Crippen LogP contribution in [0.5, 0.6) is 6.01 Å². The minimum atomic E-state index is -0.0779. The second-order valence-electron chi connectivity index (χ2n) is 9.82. The van der Waals surface area contributed by atoms with E-state index in [9.17, 15) is 4.79 Å². The van der Waals surface area contributed by atoms with E-state index in [1.165, 1.54) is 37.1 Å². The van der Waals surface area contributed by atoms with Crippen LogP contribution in [0.4, 0.5) is 17.3 Å². The summed E-state index contributed by atoms with van der Waals surface area (Å²) in [5.74, 6) is 0.874. The van der Waals surface area contributed by atoms with Gasteiger partial charge in [0.15, 0.2) is 11.6 Å². The number of nitrogens with two attached hydrogens (primary N) is 1. The first-order valence-corrected chi connectivity index (χ1v) is 12.8.